The van der Waals surface area contributed by atoms with Gasteiger partial charge in [-0.25, -0.2) is 15.0 Å². The highest BCUT2D eigenvalue weighted by Gasteiger charge is 2.21. The van der Waals surface area contributed by atoms with Crippen LogP contribution in [0.1, 0.15) is 25.7 Å². The molecule has 0 unspecified atom stereocenters. The van der Waals surface area contributed by atoms with E-state index in [4.69, 9.17) is 4.74 Å². The molecule has 2 N–H and O–H groups in total. The maximum atomic E-state index is 5.45. The molecule has 1 aromatic carbocycles. The Hall–Kier alpha value is -3.06. The molecule has 3 aromatic heterocycles. The number of H-pyrrole nitrogens is 1. The van der Waals surface area contributed by atoms with Crippen molar-refractivity contribution in [2.45, 2.75) is 37.8 Å². The number of ether oxygens (including phenoxy) is 1. The minimum atomic E-state index is 0.389. The number of benzene rings is 1. The molecule has 142 valence electrons. The molecule has 1 fully saturated rings. The number of aromatic amines is 1. The lowest BCUT2D eigenvalue weighted by Crippen LogP contribution is -2.29. The van der Waals surface area contributed by atoms with E-state index in [9.17, 15) is 0 Å². The summed E-state index contributed by atoms with van der Waals surface area (Å²) in [4.78, 5) is 20.9. The molecule has 0 amide bonds. The van der Waals surface area contributed by atoms with Crippen LogP contribution in [0.4, 0.5) is 5.95 Å². The Morgan fingerprint density at radius 1 is 1.11 bits per heavy atom. The van der Waals surface area contributed by atoms with Crippen LogP contribution in [-0.2, 0) is 4.74 Å². The Balaban J connectivity index is 1.40. The molecular formula is C21H22N6O. The molecule has 0 atom stereocenters. The number of fused-ring (bicyclic) bond motifs is 2. The van der Waals surface area contributed by atoms with Gasteiger partial charge < -0.3 is 15.0 Å². The summed E-state index contributed by atoms with van der Waals surface area (Å²) in [6.07, 6.45) is 12.0. The fourth-order valence-electron chi connectivity index (χ4n) is 3.99. The SMILES string of the molecule is CO[C@H]1CC[C@@H](Nc2ncc3c(-c4ccc5ncncc5c4)c[nH]c3n2)CC1. The predicted molar refractivity (Wildman–Crippen MR) is 109 cm³/mol. The maximum Gasteiger partial charge on any atom is 0.224 e. The Bertz CT molecular complexity index is 1120. The fraction of sp³-hybridized carbons (Fsp3) is 0.333. The van der Waals surface area contributed by atoms with Gasteiger partial charge in [0.15, 0.2) is 0 Å². The second-order valence-electron chi connectivity index (χ2n) is 7.31. The molecular weight excluding hydrogens is 352 g/mol. The van der Waals surface area contributed by atoms with Crippen molar-refractivity contribution in [3.05, 3.63) is 43.1 Å². The average molecular weight is 374 g/mol. The summed E-state index contributed by atoms with van der Waals surface area (Å²) in [7, 11) is 1.79. The number of nitrogens with one attached hydrogen (secondary N) is 2. The van der Waals surface area contributed by atoms with Crippen molar-refractivity contribution < 1.29 is 4.74 Å². The van der Waals surface area contributed by atoms with E-state index in [1.54, 1.807) is 13.4 Å². The number of hydrogen-bond donors (Lipinski definition) is 2. The Labute approximate surface area is 162 Å². The van der Waals surface area contributed by atoms with Crippen molar-refractivity contribution in [3.8, 4) is 11.1 Å². The van der Waals surface area contributed by atoms with Crippen molar-refractivity contribution in [3.63, 3.8) is 0 Å². The van der Waals surface area contributed by atoms with Gasteiger partial charge in [-0.3, -0.25) is 0 Å². The summed E-state index contributed by atoms with van der Waals surface area (Å²) in [6.45, 7) is 0. The molecule has 4 aromatic rings. The molecule has 7 heteroatoms. The number of anilines is 1. The van der Waals surface area contributed by atoms with Crippen LogP contribution in [0.5, 0.6) is 0 Å². The standard InChI is InChI=1S/C21H22N6O/c1-28-16-5-3-15(4-6-16)26-21-24-11-18-17(10-23-20(18)27-21)13-2-7-19-14(8-13)9-22-12-25-19/h2,7-12,15-16H,3-6H2,1H3,(H2,23,24,26,27)/t15-,16+. The zero-order valence-corrected chi connectivity index (χ0v) is 15.7. The molecule has 3 heterocycles. The highest BCUT2D eigenvalue weighted by atomic mass is 16.5. The van der Waals surface area contributed by atoms with E-state index in [0.717, 1.165) is 58.7 Å². The fourth-order valence-corrected chi connectivity index (χ4v) is 3.99. The zero-order valence-electron chi connectivity index (χ0n) is 15.7. The first-order valence-electron chi connectivity index (χ1n) is 9.64. The van der Waals surface area contributed by atoms with Crippen LogP contribution in [0.25, 0.3) is 33.1 Å². The van der Waals surface area contributed by atoms with Crippen LogP contribution in [0, 0.1) is 0 Å². The lowest BCUT2D eigenvalue weighted by Gasteiger charge is -2.28. The molecule has 1 saturated carbocycles. The van der Waals surface area contributed by atoms with E-state index in [1.165, 1.54) is 0 Å². The molecule has 0 spiro atoms. The Kier molecular flexibility index (Phi) is 4.37. The number of methoxy groups -OCH3 is 1. The quantitative estimate of drug-likeness (QED) is 0.562. The maximum absolute atomic E-state index is 5.45. The third kappa shape index (κ3) is 3.18. The van der Waals surface area contributed by atoms with Crippen LogP contribution in [0.2, 0.25) is 0 Å². The van der Waals surface area contributed by atoms with E-state index in [0.29, 0.717) is 18.1 Å². The monoisotopic (exact) mass is 374 g/mol. The first-order chi connectivity index (χ1) is 13.8. The van der Waals surface area contributed by atoms with Crippen molar-refractivity contribution in [2.24, 2.45) is 0 Å². The highest BCUT2D eigenvalue weighted by Crippen LogP contribution is 2.30. The summed E-state index contributed by atoms with van der Waals surface area (Å²) in [6, 6.07) is 6.58. The Morgan fingerprint density at radius 3 is 2.86 bits per heavy atom. The zero-order chi connectivity index (χ0) is 18.9. The summed E-state index contributed by atoms with van der Waals surface area (Å²) < 4.78 is 5.45. The van der Waals surface area contributed by atoms with E-state index >= 15 is 0 Å². The van der Waals surface area contributed by atoms with Crippen molar-refractivity contribution in [1.82, 2.24) is 24.9 Å². The topological polar surface area (TPSA) is 88.6 Å². The van der Waals surface area contributed by atoms with Gasteiger partial charge in [0, 0.05) is 48.1 Å². The molecule has 1 aliphatic carbocycles. The normalized spacial score (nSPS) is 19.9. The summed E-state index contributed by atoms with van der Waals surface area (Å²) in [5, 5.41) is 5.50. The number of rotatable bonds is 4. The largest absolute Gasteiger partial charge is 0.381 e. The smallest absolute Gasteiger partial charge is 0.224 e. The van der Waals surface area contributed by atoms with Gasteiger partial charge in [-0.15, -0.1) is 0 Å². The van der Waals surface area contributed by atoms with E-state index < -0.39 is 0 Å². The number of nitrogens with zero attached hydrogens (tertiary/aromatic N) is 4. The van der Waals surface area contributed by atoms with Gasteiger partial charge in [-0.05, 0) is 43.4 Å². The number of hydrogen-bond acceptors (Lipinski definition) is 6. The Morgan fingerprint density at radius 2 is 2.00 bits per heavy atom. The van der Waals surface area contributed by atoms with Crippen molar-refractivity contribution in [2.75, 3.05) is 12.4 Å². The van der Waals surface area contributed by atoms with Gasteiger partial charge in [0.05, 0.1) is 11.6 Å². The lowest BCUT2D eigenvalue weighted by atomic mass is 9.93. The lowest BCUT2D eigenvalue weighted by molar-refractivity contribution is 0.0681. The molecule has 7 nitrogen and oxygen atoms in total. The van der Waals surface area contributed by atoms with Gasteiger partial charge >= 0.3 is 0 Å². The third-order valence-corrected chi connectivity index (χ3v) is 5.59. The van der Waals surface area contributed by atoms with Gasteiger partial charge in [0.25, 0.3) is 0 Å². The van der Waals surface area contributed by atoms with E-state index in [2.05, 4.69) is 42.4 Å². The van der Waals surface area contributed by atoms with E-state index in [-0.39, 0.29) is 0 Å². The summed E-state index contributed by atoms with van der Waals surface area (Å²) >= 11 is 0. The van der Waals surface area contributed by atoms with Crippen LogP contribution >= 0.6 is 0 Å². The predicted octanol–water partition coefficient (Wildman–Crippen LogP) is 3.94. The molecule has 5 rings (SSSR count). The minimum absolute atomic E-state index is 0.389. The summed E-state index contributed by atoms with van der Waals surface area (Å²) in [5.74, 6) is 0.675. The second kappa shape index (κ2) is 7.16. The molecule has 0 saturated heterocycles. The average Bonchev–Trinajstić information content (AvgIpc) is 3.17. The van der Waals surface area contributed by atoms with Crippen LogP contribution in [-0.4, -0.2) is 44.2 Å². The van der Waals surface area contributed by atoms with Crippen LogP contribution in [0.3, 0.4) is 0 Å². The van der Waals surface area contributed by atoms with Crippen LogP contribution in [0.15, 0.2) is 43.1 Å². The van der Waals surface area contributed by atoms with Gasteiger partial charge in [-0.1, -0.05) is 6.07 Å². The molecule has 1 aliphatic rings. The molecule has 0 radical (unpaired) electrons. The second-order valence-corrected chi connectivity index (χ2v) is 7.31. The van der Waals surface area contributed by atoms with Gasteiger partial charge in [0.1, 0.15) is 12.0 Å². The molecule has 0 bridgehead atoms. The van der Waals surface area contributed by atoms with Crippen molar-refractivity contribution in [1.29, 1.82) is 0 Å². The summed E-state index contributed by atoms with van der Waals surface area (Å²) in [5.41, 5.74) is 3.94. The third-order valence-electron chi connectivity index (χ3n) is 5.59. The van der Waals surface area contributed by atoms with Gasteiger partial charge in [0.2, 0.25) is 5.95 Å². The van der Waals surface area contributed by atoms with Crippen LogP contribution < -0.4 is 5.32 Å². The minimum Gasteiger partial charge on any atom is -0.381 e. The first kappa shape index (κ1) is 17.1. The van der Waals surface area contributed by atoms with E-state index in [1.807, 2.05) is 24.7 Å². The molecule has 0 aliphatic heterocycles. The van der Waals surface area contributed by atoms with Crippen molar-refractivity contribution >= 4 is 27.9 Å². The van der Waals surface area contributed by atoms with Gasteiger partial charge in [-0.2, -0.15) is 4.98 Å². The highest BCUT2D eigenvalue weighted by molar-refractivity contribution is 5.96. The number of aromatic nitrogens is 5. The molecule has 28 heavy (non-hydrogen) atoms. The first-order valence-corrected chi connectivity index (χ1v) is 9.64.